The van der Waals surface area contributed by atoms with Gasteiger partial charge in [0.2, 0.25) is 0 Å². The van der Waals surface area contributed by atoms with Crippen molar-refractivity contribution in [3.8, 4) is 11.5 Å². The fourth-order valence-corrected chi connectivity index (χ4v) is 2.95. The first-order valence-electron chi connectivity index (χ1n) is 7.42. The van der Waals surface area contributed by atoms with E-state index >= 15 is 0 Å². The average Bonchev–Trinajstić information content (AvgIpc) is 2.84. The summed E-state index contributed by atoms with van der Waals surface area (Å²) in [6.07, 6.45) is 1.14. The molecule has 0 aliphatic carbocycles. The molecule has 4 nitrogen and oxygen atoms in total. The van der Waals surface area contributed by atoms with E-state index < -0.39 is 6.10 Å². The van der Waals surface area contributed by atoms with Crippen molar-refractivity contribution < 1.29 is 14.6 Å². The Hall–Kier alpha value is -1.26. The minimum Gasteiger partial charge on any atom is -0.493 e. The van der Waals surface area contributed by atoms with Gasteiger partial charge in [-0.2, -0.15) is 0 Å². The highest BCUT2D eigenvalue weighted by Gasteiger charge is 2.42. The molecule has 2 heterocycles. The summed E-state index contributed by atoms with van der Waals surface area (Å²) in [5, 5.41) is 13.7. The molecule has 2 N–H and O–H groups in total. The smallest absolute Gasteiger partial charge is 0.126 e. The molecule has 1 aromatic rings. The molecule has 1 aromatic carbocycles. The lowest BCUT2D eigenvalue weighted by molar-refractivity contribution is -0.000511. The Kier molecular flexibility index (Phi) is 3.61. The van der Waals surface area contributed by atoms with Gasteiger partial charge in [0.05, 0.1) is 12.7 Å². The normalized spacial score (nSPS) is 28.5. The van der Waals surface area contributed by atoms with E-state index in [4.69, 9.17) is 9.47 Å². The number of hydrogen-bond donors (Lipinski definition) is 2. The molecular formula is C16H23NO3. The first-order chi connectivity index (χ1) is 9.58. The molecule has 20 heavy (non-hydrogen) atoms. The predicted octanol–water partition coefficient (Wildman–Crippen LogP) is 2.27. The lowest BCUT2D eigenvalue weighted by atomic mass is 9.88. The van der Waals surface area contributed by atoms with Crippen LogP contribution < -0.4 is 14.8 Å². The molecule has 2 unspecified atom stereocenters. The van der Waals surface area contributed by atoms with Crippen molar-refractivity contribution in [3.63, 3.8) is 0 Å². The van der Waals surface area contributed by atoms with Crippen LogP contribution in [0.15, 0.2) is 18.2 Å². The molecule has 0 aromatic heterocycles. The molecule has 2 atom stereocenters. The number of aliphatic hydroxyl groups excluding tert-OH is 1. The van der Waals surface area contributed by atoms with Gasteiger partial charge in [-0.1, -0.05) is 13.8 Å². The van der Waals surface area contributed by atoms with Gasteiger partial charge in [0, 0.05) is 24.9 Å². The maximum Gasteiger partial charge on any atom is 0.126 e. The molecule has 0 radical (unpaired) electrons. The highest BCUT2D eigenvalue weighted by atomic mass is 16.5. The lowest BCUT2D eigenvalue weighted by Crippen LogP contribution is -2.42. The van der Waals surface area contributed by atoms with E-state index in [1.54, 1.807) is 0 Å². The zero-order chi connectivity index (χ0) is 14.2. The largest absolute Gasteiger partial charge is 0.493 e. The summed E-state index contributed by atoms with van der Waals surface area (Å²) < 4.78 is 11.9. The highest BCUT2D eigenvalue weighted by molar-refractivity contribution is 5.44. The van der Waals surface area contributed by atoms with Gasteiger partial charge in [0.25, 0.3) is 0 Å². The van der Waals surface area contributed by atoms with Gasteiger partial charge >= 0.3 is 0 Å². The van der Waals surface area contributed by atoms with Gasteiger partial charge < -0.3 is 19.9 Å². The summed E-state index contributed by atoms with van der Waals surface area (Å²) in [4.78, 5) is 0. The Bertz CT molecular complexity index is 481. The average molecular weight is 277 g/mol. The van der Waals surface area contributed by atoms with E-state index in [0.717, 1.165) is 36.6 Å². The zero-order valence-corrected chi connectivity index (χ0v) is 12.2. The van der Waals surface area contributed by atoms with Gasteiger partial charge in [-0.05, 0) is 30.7 Å². The van der Waals surface area contributed by atoms with Gasteiger partial charge in [0.15, 0.2) is 0 Å². The molecule has 4 heteroatoms. The molecule has 2 aliphatic rings. The van der Waals surface area contributed by atoms with Crippen LogP contribution in [-0.4, -0.2) is 30.4 Å². The molecule has 1 spiro atoms. The van der Waals surface area contributed by atoms with Gasteiger partial charge in [-0.3, -0.25) is 0 Å². The SMILES string of the molecule is CC(C)COc1ccc2c(c1)C(O)CC1(CCNC1)O2. The quantitative estimate of drug-likeness (QED) is 0.890. The van der Waals surface area contributed by atoms with Crippen molar-refractivity contribution in [2.75, 3.05) is 19.7 Å². The van der Waals surface area contributed by atoms with Crippen LogP contribution in [0.3, 0.4) is 0 Å². The zero-order valence-electron chi connectivity index (χ0n) is 12.2. The van der Waals surface area contributed by atoms with E-state index in [9.17, 15) is 5.11 Å². The second-order valence-electron chi connectivity index (χ2n) is 6.34. The number of ether oxygens (including phenoxy) is 2. The molecule has 2 aliphatic heterocycles. The third-order valence-corrected chi connectivity index (χ3v) is 4.02. The Morgan fingerprint density at radius 3 is 3.05 bits per heavy atom. The summed E-state index contributed by atoms with van der Waals surface area (Å²) in [7, 11) is 0. The number of fused-ring (bicyclic) bond motifs is 1. The van der Waals surface area contributed by atoms with Crippen molar-refractivity contribution in [1.29, 1.82) is 0 Å². The Morgan fingerprint density at radius 2 is 2.35 bits per heavy atom. The standard InChI is InChI=1S/C16H23NO3/c1-11(2)9-19-12-3-4-15-13(7-12)14(18)8-16(20-15)5-6-17-10-16/h3-4,7,11,14,17-18H,5-6,8-10H2,1-2H3. The third-order valence-electron chi connectivity index (χ3n) is 4.02. The van der Waals surface area contributed by atoms with Gasteiger partial charge in [0.1, 0.15) is 17.1 Å². The second-order valence-corrected chi connectivity index (χ2v) is 6.34. The monoisotopic (exact) mass is 277 g/mol. The number of aliphatic hydroxyl groups is 1. The fraction of sp³-hybridized carbons (Fsp3) is 0.625. The minimum absolute atomic E-state index is 0.229. The molecule has 0 bridgehead atoms. The maximum absolute atomic E-state index is 10.4. The van der Waals surface area contributed by atoms with Gasteiger partial charge in [-0.25, -0.2) is 0 Å². The van der Waals surface area contributed by atoms with Crippen LogP contribution in [0.5, 0.6) is 11.5 Å². The number of nitrogens with one attached hydrogen (secondary N) is 1. The van der Waals surface area contributed by atoms with Crippen LogP contribution in [0.4, 0.5) is 0 Å². The molecule has 110 valence electrons. The summed E-state index contributed by atoms with van der Waals surface area (Å²) in [5.74, 6) is 2.09. The van der Waals surface area contributed by atoms with Crippen LogP contribution in [0.25, 0.3) is 0 Å². The first kappa shape index (κ1) is 13.7. The van der Waals surface area contributed by atoms with E-state index in [0.29, 0.717) is 18.9 Å². The maximum atomic E-state index is 10.4. The Balaban J connectivity index is 1.80. The first-order valence-corrected chi connectivity index (χ1v) is 7.42. The number of rotatable bonds is 3. The van der Waals surface area contributed by atoms with E-state index in [1.165, 1.54) is 0 Å². The highest BCUT2D eigenvalue weighted by Crippen LogP contribution is 2.43. The van der Waals surface area contributed by atoms with Crippen molar-refractivity contribution in [3.05, 3.63) is 23.8 Å². The van der Waals surface area contributed by atoms with E-state index in [1.807, 2.05) is 18.2 Å². The molecular weight excluding hydrogens is 254 g/mol. The van der Waals surface area contributed by atoms with Crippen LogP contribution >= 0.6 is 0 Å². The molecule has 0 amide bonds. The Labute approximate surface area is 120 Å². The topological polar surface area (TPSA) is 50.7 Å². The second kappa shape index (κ2) is 5.26. The molecule has 1 fully saturated rings. The summed E-state index contributed by atoms with van der Waals surface area (Å²) in [6.45, 7) is 6.69. The number of benzene rings is 1. The van der Waals surface area contributed by atoms with Crippen molar-refractivity contribution in [2.45, 2.75) is 38.4 Å². The van der Waals surface area contributed by atoms with E-state index in [-0.39, 0.29) is 5.60 Å². The summed E-state index contributed by atoms with van der Waals surface area (Å²) in [5.41, 5.74) is 0.621. The Morgan fingerprint density at radius 1 is 1.50 bits per heavy atom. The van der Waals surface area contributed by atoms with Crippen LogP contribution in [0, 0.1) is 5.92 Å². The van der Waals surface area contributed by atoms with Crippen LogP contribution in [0.2, 0.25) is 0 Å². The van der Waals surface area contributed by atoms with Crippen molar-refractivity contribution in [2.24, 2.45) is 5.92 Å². The van der Waals surface area contributed by atoms with E-state index in [2.05, 4.69) is 19.2 Å². The fourth-order valence-electron chi connectivity index (χ4n) is 2.95. The molecule has 0 saturated carbocycles. The minimum atomic E-state index is -0.471. The van der Waals surface area contributed by atoms with Crippen molar-refractivity contribution >= 4 is 0 Å². The summed E-state index contributed by atoms with van der Waals surface area (Å²) in [6, 6.07) is 5.76. The van der Waals surface area contributed by atoms with Crippen LogP contribution in [-0.2, 0) is 0 Å². The third kappa shape index (κ3) is 2.63. The summed E-state index contributed by atoms with van der Waals surface area (Å²) >= 11 is 0. The lowest BCUT2D eigenvalue weighted by Gasteiger charge is -2.37. The van der Waals surface area contributed by atoms with Crippen molar-refractivity contribution in [1.82, 2.24) is 5.32 Å². The predicted molar refractivity (Wildman–Crippen MR) is 77.2 cm³/mol. The number of hydrogen-bond acceptors (Lipinski definition) is 4. The molecule has 1 saturated heterocycles. The molecule has 3 rings (SSSR count). The van der Waals surface area contributed by atoms with Crippen LogP contribution in [0.1, 0.15) is 38.4 Å². The van der Waals surface area contributed by atoms with Gasteiger partial charge in [-0.15, -0.1) is 0 Å².